The highest BCUT2D eigenvalue weighted by molar-refractivity contribution is 7.45. The Morgan fingerprint density at radius 1 is 0.500 bits per heavy atom. The van der Waals surface area contributed by atoms with Crippen LogP contribution in [0.4, 0.5) is 0 Å². The van der Waals surface area contributed by atoms with Gasteiger partial charge in [-0.15, -0.1) is 0 Å². The van der Waals surface area contributed by atoms with Crippen LogP contribution < -0.4 is 10.2 Å². The Kier molecular flexibility index (Phi) is 49.5. The molecule has 412 valence electrons. The van der Waals surface area contributed by atoms with Crippen molar-refractivity contribution in [3.05, 3.63) is 36.5 Å². The first-order chi connectivity index (χ1) is 33.9. The van der Waals surface area contributed by atoms with Gasteiger partial charge in [0.25, 0.3) is 7.82 Å². The fourth-order valence-electron chi connectivity index (χ4n) is 8.67. The lowest BCUT2D eigenvalue weighted by Gasteiger charge is -2.30. The van der Waals surface area contributed by atoms with Crippen molar-refractivity contribution in [2.45, 2.75) is 296 Å². The smallest absolute Gasteiger partial charge is 0.306 e. The van der Waals surface area contributed by atoms with Crippen LogP contribution in [0.25, 0.3) is 0 Å². The van der Waals surface area contributed by atoms with Crippen LogP contribution in [0.15, 0.2) is 36.5 Å². The summed E-state index contributed by atoms with van der Waals surface area (Å²) < 4.78 is 30.2. The number of quaternary nitrogens is 1. The van der Waals surface area contributed by atoms with Crippen molar-refractivity contribution in [2.75, 3.05) is 40.9 Å². The van der Waals surface area contributed by atoms with Crippen LogP contribution in [0.1, 0.15) is 284 Å². The summed E-state index contributed by atoms with van der Waals surface area (Å²) in [6.45, 7) is 6.83. The first-order valence-corrected chi connectivity index (χ1v) is 31.3. The Morgan fingerprint density at radius 3 is 1.31 bits per heavy atom. The van der Waals surface area contributed by atoms with E-state index in [0.29, 0.717) is 17.4 Å². The quantitative estimate of drug-likeness (QED) is 0.0212. The molecule has 9 nitrogen and oxygen atoms in total. The van der Waals surface area contributed by atoms with Crippen LogP contribution in [0.2, 0.25) is 0 Å². The minimum Gasteiger partial charge on any atom is -0.756 e. The Morgan fingerprint density at radius 2 is 0.871 bits per heavy atom. The second-order valence-corrected chi connectivity index (χ2v) is 22.9. The topological polar surface area (TPSA) is 114 Å². The number of carbonyl (C=O) groups is 2. The highest BCUT2D eigenvalue weighted by atomic mass is 31.2. The number of carbonyl (C=O) groups excluding carboxylic acids is 2. The van der Waals surface area contributed by atoms with Gasteiger partial charge in [-0.25, -0.2) is 0 Å². The molecule has 0 spiro atoms. The second kappa shape index (κ2) is 50.7. The number of rotatable bonds is 54. The lowest BCUT2D eigenvalue weighted by Crippen LogP contribution is -2.47. The van der Waals surface area contributed by atoms with Gasteiger partial charge in [-0.2, -0.15) is 0 Å². The molecule has 0 aliphatic heterocycles. The molecule has 3 atom stereocenters. The number of likely N-dealkylation sites (N-methyl/N-ethyl adjacent to an activating group) is 1. The normalized spacial score (nSPS) is 14.0. The van der Waals surface area contributed by atoms with E-state index in [-0.39, 0.29) is 31.5 Å². The zero-order valence-corrected chi connectivity index (χ0v) is 47.9. The van der Waals surface area contributed by atoms with E-state index < -0.39 is 20.0 Å². The molecular formula is C60H115N2O7P. The van der Waals surface area contributed by atoms with E-state index in [0.717, 1.165) is 64.2 Å². The third-order valence-corrected chi connectivity index (χ3v) is 14.3. The van der Waals surface area contributed by atoms with Crippen molar-refractivity contribution < 1.29 is 37.3 Å². The molecule has 0 aromatic heterocycles. The fraction of sp³-hybridized carbons (Fsp3) is 0.867. The minimum absolute atomic E-state index is 0.0205. The van der Waals surface area contributed by atoms with Crippen molar-refractivity contribution in [3.8, 4) is 0 Å². The number of nitrogens with zero attached hydrogens (tertiary/aromatic N) is 1. The van der Waals surface area contributed by atoms with Crippen LogP contribution in [-0.4, -0.2) is 69.4 Å². The Balaban J connectivity index is 5.19. The van der Waals surface area contributed by atoms with E-state index in [1.165, 1.54) is 186 Å². The summed E-state index contributed by atoms with van der Waals surface area (Å²) >= 11 is 0. The van der Waals surface area contributed by atoms with E-state index in [1.807, 2.05) is 33.3 Å². The Hall–Kier alpha value is -1.77. The molecule has 0 aromatic rings. The van der Waals surface area contributed by atoms with Crippen LogP contribution in [0, 0.1) is 0 Å². The molecule has 0 rings (SSSR count). The molecule has 0 heterocycles. The molecule has 0 saturated heterocycles. The minimum atomic E-state index is -4.69. The maximum atomic E-state index is 13.5. The third kappa shape index (κ3) is 51.1. The highest BCUT2D eigenvalue weighted by Crippen LogP contribution is 2.38. The van der Waals surface area contributed by atoms with Gasteiger partial charge < -0.3 is 28.5 Å². The summed E-state index contributed by atoms with van der Waals surface area (Å²) in [6.07, 6.45) is 59.6. The van der Waals surface area contributed by atoms with Crippen molar-refractivity contribution >= 4 is 19.7 Å². The van der Waals surface area contributed by atoms with Gasteiger partial charge in [0, 0.05) is 12.8 Å². The molecule has 1 amide bonds. The number of hydrogen-bond acceptors (Lipinski definition) is 7. The summed E-state index contributed by atoms with van der Waals surface area (Å²) in [5.74, 6) is -0.534. The van der Waals surface area contributed by atoms with Crippen LogP contribution in [0.5, 0.6) is 0 Å². The molecular weight excluding hydrogens is 892 g/mol. The van der Waals surface area contributed by atoms with Crippen molar-refractivity contribution in [1.82, 2.24) is 5.32 Å². The summed E-state index contributed by atoms with van der Waals surface area (Å²) in [6, 6.07) is -0.884. The number of amides is 1. The summed E-state index contributed by atoms with van der Waals surface area (Å²) in [5, 5.41) is 3.03. The van der Waals surface area contributed by atoms with E-state index in [4.69, 9.17) is 13.8 Å². The van der Waals surface area contributed by atoms with Crippen LogP contribution in [0.3, 0.4) is 0 Å². The van der Waals surface area contributed by atoms with E-state index in [2.05, 4.69) is 50.4 Å². The van der Waals surface area contributed by atoms with Crippen molar-refractivity contribution in [2.24, 2.45) is 0 Å². The molecule has 0 bridgehead atoms. The predicted octanol–water partition coefficient (Wildman–Crippen LogP) is 17.3. The number of allylic oxidation sites excluding steroid dienone is 5. The van der Waals surface area contributed by atoms with E-state index >= 15 is 0 Å². The average molecular weight is 1010 g/mol. The summed E-state index contributed by atoms with van der Waals surface area (Å²) in [5.41, 5.74) is 0. The third-order valence-electron chi connectivity index (χ3n) is 13.3. The molecule has 0 fully saturated rings. The van der Waals surface area contributed by atoms with E-state index in [9.17, 15) is 19.0 Å². The number of unbranched alkanes of at least 4 members (excludes halogenated alkanes) is 34. The monoisotopic (exact) mass is 1010 g/mol. The van der Waals surface area contributed by atoms with Crippen molar-refractivity contribution in [1.29, 1.82) is 0 Å². The molecule has 70 heavy (non-hydrogen) atoms. The van der Waals surface area contributed by atoms with Gasteiger partial charge >= 0.3 is 5.97 Å². The Bertz CT molecular complexity index is 1300. The molecule has 0 aliphatic carbocycles. The lowest BCUT2D eigenvalue weighted by atomic mass is 10.0. The van der Waals surface area contributed by atoms with Crippen LogP contribution in [-0.2, 0) is 27.9 Å². The van der Waals surface area contributed by atoms with Gasteiger partial charge in [0.2, 0.25) is 5.91 Å². The van der Waals surface area contributed by atoms with Crippen LogP contribution >= 0.6 is 7.82 Å². The first kappa shape index (κ1) is 68.2. The molecule has 3 unspecified atom stereocenters. The van der Waals surface area contributed by atoms with Gasteiger partial charge in [0.15, 0.2) is 0 Å². The fourth-order valence-corrected chi connectivity index (χ4v) is 9.39. The second-order valence-electron chi connectivity index (χ2n) is 21.5. The van der Waals surface area contributed by atoms with Gasteiger partial charge in [-0.3, -0.25) is 14.2 Å². The maximum absolute atomic E-state index is 13.5. The maximum Gasteiger partial charge on any atom is 0.306 e. The van der Waals surface area contributed by atoms with Gasteiger partial charge in [0.05, 0.1) is 33.8 Å². The highest BCUT2D eigenvalue weighted by Gasteiger charge is 2.27. The largest absolute Gasteiger partial charge is 0.756 e. The predicted molar refractivity (Wildman–Crippen MR) is 298 cm³/mol. The number of nitrogens with one attached hydrogen (secondary N) is 1. The summed E-state index contributed by atoms with van der Waals surface area (Å²) in [4.78, 5) is 39.8. The Labute approximate surface area is 434 Å². The van der Waals surface area contributed by atoms with Crippen molar-refractivity contribution in [3.63, 3.8) is 0 Å². The van der Waals surface area contributed by atoms with E-state index in [1.54, 1.807) is 0 Å². The number of esters is 1. The molecule has 0 radical (unpaired) electrons. The van der Waals surface area contributed by atoms with Gasteiger partial charge in [-0.1, -0.05) is 244 Å². The number of hydrogen-bond donors (Lipinski definition) is 1. The molecule has 10 heteroatoms. The number of phosphoric acid groups is 1. The zero-order valence-electron chi connectivity index (χ0n) is 47.0. The lowest BCUT2D eigenvalue weighted by molar-refractivity contribution is -0.870. The molecule has 1 N–H and O–H groups in total. The number of phosphoric ester groups is 1. The standard InChI is InChI=1S/C60H115N2O7P/c1-7-10-13-16-19-22-25-27-28-29-30-31-32-33-34-35-38-40-43-46-49-52-59(63)61-57(56-68-70(65,66)67-55-54-62(4,5)6)58(51-48-45-42-39-37-26-23-20-17-14-11-8-2)69-60(64)53-50-47-44-41-36-24-21-18-15-12-9-3/h19,22,27-28,48,51,57-58H,7-18,20-21,23-26,29-47,49-50,52-56H2,1-6H3,(H-,61,63,65,66)/b22-19-,28-27-,51-48-. The first-order valence-electron chi connectivity index (χ1n) is 29.8. The average Bonchev–Trinajstić information content (AvgIpc) is 3.32. The molecule has 0 saturated carbocycles. The summed E-state index contributed by atoms with van der Waals surface area (Å²) in [7, 11) is 1.19. The van der Waals surface area contributed by atoms with Gasteiger partial charge in [0.1, 0.15) is 19.3 Å². The number of ether oxygens (including phenoxy) is 1. The molecule has 0 aliphatic rings. The van der Waals surface area contributed by atoms with Gasteiger partial charge in [-0.05, 0) is 63.9 Å². The zero-order chi connectivity index (χ0) is 51.5. The SMILES string of the molecule is CCCCC/C=C\C/C=C\CCCCCCCCCCCCCC(=O)NC(COP(=O)([O-])OCC[N+](C)(C)C)C(/C=C\CCCCCCCCCCCC)OC(=O)CCCCCCCCCCCCC. The molecule has 0 aromatic carbocycles.